The average molecular weight is 291 g/mol. The molecule has 0 aromatic heterocycles. The minimum Gasteiger partial charge on any atom is -0.478 e. The van der Waals surface area contributed by atoms with Crippen LogP contribution in [-0.4, -0.2) is 40.4 Å². The molecule has 0 unspecified atom stereocenters. The Morgan fingerprint density at radius 2 is 2.10 bits per heavy atom. The number of carbonyl (C=O) groups is 2. The smallest absolute Gasteiger partial charge is 0.335 e. The molecule has 3 N–H and O–H groups in total. The number of aliphatic hydroxyl groups excluding tert-OH is 1. The number of rotatable bonds is 5. The second-order valence-electron chi connectivity index (χ2n) is 4.92. The summed E-state index contributed by atoms with van der Waals surface area (Å²) in [7, 11) is 0. The largest absolute Gasteiger partial charge is 0.478 e. The second-order valence-corrected chi connectivity index (χ2v) is 4.92. The Bertz CT molecular complexity index is 550. The Hall–Kier alpha value is -2.34. The topological polar surface area (TPSA) is 95.9 Å². The highest BCUT2D eigenvalue weighted by Gasteiger charge is 2.33. The molecule has 6 nitrogen and oxygen atoms in total. The van der Waals surface area contributed by atoms with E-state index >= 15 is 0 Å². The van der Waals surface area contributed by atoms with Gasteiger partial charge in [-0.15, -0.1) is 0 Å². The lowest BCUT2D eigenvalue weighted by molar-refractivity contribution is -0.140. The number of carboxylic acid groups (broad SMARTS) is 1. The molecule has 1 aromatic carbocycles. The Labute approximate surface area is 122 Å². The third kappa shape index (κ3) is 4.06. The van der Waals surface area contributed by atoms with Gasteiger partial charge in [-0.05, 0) is 37.3 Å². The van der Waals surface area contributed by atoms with Gasteiger partial charge in [0.25, 0.3) is 0 Å². The van der Waals surface area contributed by atoms with E-state index in [4.69, 9.17) is 9.84 Å². The van der Waals surface area contributed by atoms with Crippen molar-refractivity contribution in [2.75, 3.05) is 5.32 Å². The van der Waals surface area contributed by atoms with Crippen LogP contribution in [0.3, 0.4) is 0 Å². The third-order valence-electron chi connectivity index (χ3n) is 3.11. The van der Waals surface area contributed by atoms with Crippen molar-refractivity contribution in [1.29, 1.82) is 0 Å². The predicted molar refractivity (Wildman–Crippen MR) is 76.1 cm³/mol. The number of nitrogens with one attached hydrogen (secondary N) is 1. The molecule has 112 valence electrons. The lowest BCUT2D eigenvalue weighted by Crippen LogP contribution is -2.27. The Morgan fingerprint density at radius 3 is 2.67 bits per heavy atom. The van der Waals surface area contributed by atoms with E-state index in [1.807, 2.05) is 0 Å². The fourth-order valence-electron chi connectivity index (χ4n) is 2.08. The maximum atomic E-state index is 11.4. The molecule has 1 aromatic rings. The number of anilines is 1. The zero-order valence-electron chi connectivity index (χ0n) is 11.5. The van der Waals surface area contributed by atoms with E-state index in [0.29, 0.717) is 5.69 Å². The first kappa shape index (κ1) is 15.1. The van der Waals surface area contributed by atoms with Crippen LogP contribution in [0.1, 0.15) is 23.7 Å². The van der Waals surface area contributed by atoms with E-state index in [-0.39, 0.29) is 24.0 Å². The molecule has 1 heterocycles. The van der Waals surface area contributed by atoms with Crippen LogP contribution < -0.4 is 5.32 Å². The Kier molecular flexibility index (Phi) is 4.59. The van der Waals surface area contributed by atoms with Crippen molar-refractivity contribution in [3.8, 4) is 0 Å². The first-order valence-corrected chi connectivity index (χ1v) is 6.61. The highest BCUT2D eigenvalue weighted by Crippen LogP contribution is 2.21. The predicted octanol–water partition coefficient (Wildman–Crippen LogP) is 1.42. The summed E-state index contributed by atoms with van der Waals surface area (Å²) in [5.41, 5.74) is 0.906. The quantitative estimate of drug-likeness (QED) is 0.561. The first-order valence-electron chi connectivity index (χ1n) is 6.61. The summed E-state index contributed by atoms with van der Waals surface area (Å²) in [5.74, 6) is -1.30. The van der Waals surface area contributed by atoms with Gasteiger partial charge >= 0.3 is 11.9 Å². The van der Waals surface area contributed by atoms with Crippen LogP contribution in [0.5, 0.6) is 0 Å². The van der Waals surface area contributed by atoms with Gasteiger partial charge < -0.3 is 20.3 Å². The highest BCUT2D eigenvalue weighted by atomic mass is 16.6. The maximum Gasteiger partial charge on any atom is 0.335 e. The number of benzene rings is 1. The molecular formula is C15H17NO5. The van der Waals surface area contributed by atoms with Crippen molar-refractivity contribution < 1.29 is 24.5 Å². The van der Waals surface area contributed by atoms with Crippen molar-refractivity contribution in [1.82, 2.24) is 0 Å². The molecule has 1 aliphatic rings. The van der Waals surface area contributed by atoms with E-state index in [1.54, 1.807) is 31.2 Å². The average Bonchev–Trinajstić information content (AvgIpc) is 2.77. The number of hydrogen-bond acceptors (Lipinski definition) is 5. The molecule has 1 aliphatic heterocycles. The summed E-state index contributed by atoms with van der Waals surface area (Å²) in [6.07, 6.45) is 2.37. The van der Waals surface area contributed by atoms with E-state index in [0.717, 1.165) is 0 Å². The van der Waals surface area contributed by atoms with Crippen molar-refractivity contribution in [3.63, 3.8) is 0 Å². The number of carbonyl (C=O) groups excluding carboxylic acids is 1. The summed E-state index contributed by atoms with van der Waals surface area (Å²) < 4.78 is 5.17. The van der Waals surface area contributed by atoms with Crippen LogP contribution in [0.15, 0.2) is 36.4 Å². The minimum atomic E-state index is -0.987. The summed E-state index contributed by atoms with van der Waals surface area (Å²) >= 11 is 0. The zero-order chi connectivity index (χ0) is 15.4. The number of hydrogen-bond donors (Lipinski definition) is 3. The van der Waals surface area contributed by atoms with Gasteiger partial charge in [0.05, 0.1) is 24.1 Å². The van der Waals surface area contributed by atoms with Gasteiger partial charge in [0.2, 0.25) is 0 Å². The SMILES string of the molecule is C[C@@H](O)/C=C/[C@@H]1OC(=O)C[C@H]1Nc1ccc(C(=O)O)cc1. The molecule has 0 aliphatic carbocycles. The maximum absolute atomic E-state index is 11.4. The number of aliphatic hydroxyl groups is 1. The number of esters is 1. The summed E-state index contributed by atoms with van der Waals surface area (Å²) in [6.45, 7) is 1.61. The van der Waals surface area contributed by atoms with Crippen LogP contribution in [0.4, 0.5) is 5.69 Å². The summed E-state index contributed by atoms with van der Waals surface area (Å²) in [5, 5.41) is 21.2. The molecule has 2 rings (SSSR count). The molecule has 6 heteroatoms. The number of carboxylic acids is 1. The van der Waals surface area contributed by atoms with E-state index in [2.05, 4.69) is 5.32 Å². The number of ether oxygens (including phenoxy) is 1. The van der Waals surface area contributed by atoms with Gasteiger partial charge in [-0.2, -0.15) is 0 Å². The van der Waals surface area contributed by atoms with Crippen molar-refractivity contribution in [2.24, 2.45) is 0 Å². The van der Waals surface area contributed by atoms with Gasteiger partial charge in [-0.25, -0.2) is 4.79 Å². The molecular weight excluding hydrogens is 274 g/mol. The van der Waals surface area contributed by atoms with Crippen LogP contribution in [0, 0.1) is 0 Å². The number of cyclic esters (lactones) is 1. The molecule has 3 atom stereocenters. The first-order chi connectivity index (χ1) is 9.95. The lowest BCUT2D eigenvalue weighted by Gasteiger charge is -2.17. The zero-order valence-corrected chi connectivity index (χ0v) is 11.5. The Morgan fingerprint density at radius 1 is 1.43 bits per heavy atom. The Balaban J connectivity index is 2.05. The third-order valence-corrected chi connectivity index (χ3v) is 3.11. The standard InChI is InChI=1S/C15H17NO5/c1-9(17)2-7-13-12(8-14(18)21-13)16-11-5-3-10(4-6-11)15(19)20/h2-7,9,12-13,16-17H,8H2,1H3,(H,19,20)/b7-2+/t9-,12-,13+/m1/s1. The normalized spacial score (nSPS) is 23.0. The van der Waals surface area contributed by atoms with Gasteiger partial charge in [-0.1, -0.05) is 6.08 Å². The molecule has 1 fully saturated rings. The van der Waals surface area contributed by atoms with E-state index in [1.165, 1.54) is 12.1 Å². The molecule has 21 heavy (non-hydrogen) atoms. The molecule has 0 saturated carbocycles. The molecule has 0 bridgehead atoms. The van der Waals surface area contributed by atoms with Crippen LogP contribution >= 0.6 is 0 Å². The van der Waals surface area contributed by atoms with Gasteiger partial charge in [0.1, 0.15) is 6.10 Å². The van der Waals surface area contributed by atoms with Gasteiger partial charge in [-0.3, -0.25) is 4.79 Å². The number of aromatic carboxylic acids is 1. The summed E-state index contributed by atoms with van der Waals surface area (Å²) in [4.78, 5) is 22.2. The van der Waals surface area contributed by atoms with Crippen molar-refractivity contribution in [3.05, 3.63) is 42.0 Å². The van der Waals surface area contributed by atoms with Crippen molar-refractivity contribution in [2.45, 2.75) is 31.6 Å². The monoisotopic (exact) mass is 291 g/mol. The van der Waals surface area contributed by atoms with Crippen LogP contribution in [-0.2, 0) is 9.53 Å². The molecule has 0 spiro atoms. The van der Waals surface area contributed by atoms with Crippen LogP contribution in [0.2, 0.25) is 0 Å². The second kappa shape index (κ2) is 6.41. The fourth-order valence-corrected chi connectivity index (χ4v) is 2.08. The van der Waals surface area contributed by atoms with Gasteiger partial charge in [0.15, 0.2) is 0 Å². The molecule has 0 radical (unpaired) electrons. The highest BCUT2D eigenvalue weighted by molar-refractivity contribution is 5.88. The van der Waals surface area contributed by atoms with Gasteiger partial charge in [0, 0.05) is 5.69 Å². The summed E-state index contributed by atoms with van der Waals surface area (Å²) in [6, 6.07) is 6.01. The van der Waals surface area contributed by atoms with E-state index in [9.17, 15) is 14.7 Å². The minimum absolute atomic E-state index is 0.199. The van der Waals surface area contributed by atoms with Crippen LogP contribution in [0.25, 0.3) is 0 Å². The molecule has 1 saturated heterocycles. The fraction of sp³-hybridized carbons (Fsp3) is 0.333. The van der Waals surface area contributed by atoms with E-state index < -0.39 is 18.2 Å². The lowest BCUT2D eigenvalue weighted by atomic mass is 10.1. The molecule has 0 amide bonds. The van der Waals surface area contributed by atoms with Crippen molar-refractivity contribution >= 4 is 17.6 Å².